The standard InChI is InChI=1S/C16H18BN3O2/c21-17(22)9-3-4-11-20-15-8-2-1-7-14(15)19-16(20)13-6-5-10-18-12-13/h1-2,5-8,10,12,21-22H,3-4,9,11H2. The molecule has 0 bridgehead atoms. The van der Waals surface area contributed by atoms with Gasteiger partial charge in [-0.15, -0.1) is 0 Å². The summed E-state index contributed by atoms with van der Waals surface area (Å²) < 4.78 is 2.18. The fraction of sp³-hybridized carbons (Fsp3) is 0.250. The van der Waals surface area contributed by atoms with Gasteiger partial charge in [-0.1, -0.05) is 18.6 Å². The monoisotopic (exact) mass is 295 g/mol. The molecule has 2 aromatic heterocycles. The number of benzene rings is 1. The summed E-state index contributed by atoms with van der Waals surface area (Å²) in [7, 11) is -1.22. The van der Waals surface area contributed by atoms with E-state index in [0.29, 0.717) is 6.32 Å². The van der Waals surface area contributed by atoms with Crippen molar-refractivity contribution in [3.05, 3.63) is 48.8 Å². The number of imidazole rings is 1. The topological polar surface area (TPSA) is 71.2 Å². The van der Waals surface area contributed by atoms with Gasteiger partial charge in [-0.05, 0) is 37.0 Å². The number of fused-ring (bicyclic) bond motifs is 1. The molecule has 3 aromatic rings. The van der Waals surface area contributed by atoms with E-state index in [1.807, 2.05) is 36.5 Å². The van der Waals surface area contributed by atoms with Crippen LogP contribution in [0.3, 0.4) is 0 Å². The highest BCUT2D eigenvalue weighted by Crippen LogP contribution is 2.24. The van der Waals surface area contributed by atoms with E-state index in [1.54, 1.807) is 6.20 Å². The van der Waals surface area contributed by atoms with Crippen LogP contribution in [0, 0.1) is 0 Å². The summed E-state index contributed by atoms with van der Waals surface area (Å²) in [5.41, 5.74) is 3.04. The quantitative estimate of drug-likeness (QED) is 0.541. The lowest BCUT2D eigenvalue weighted by atomic mass is 9.84. The van der Waals surface area contributed by atoms with E-state index < -0.39 is 7.12 Å². The average Bonchev–Trinajstić information content (AvgIpc) is 2.91. The van der Waals surface area contributed by atoms with Crippen molar-refractivity contribution in [3.63, 3.8) is 0 Å². The zero-order valence-electron chi connectivity index (χ0n) is 12.3. The highest BCUT2D eigenvalue weighted by Gasteiger charge is 2.12. The Morgan fingerprint density at radius 3 is 2.68 bits per heavy atom. The van der Waals surface area contributed by atoms with E-state index >= 15 is 0 Å². The van der Waals surface area contributed by atoms with E-state index in [-0.39, 0.29) is 0 Å². The van der Waals surface area contributed by atoms with Crippen LogP contribution < -0.4 is 0 Å². The number of hydrogen-bond acceptors (Lipinski definition) is 4. The highest BCUT2D eigenvalue weighted by molar-refractivity contribution is 6.40. The molecular weight excluding hydrogens is 277 g/mol. The molecule has 0 fully saturated rings. The highest BCUT2D eigenvalue weighted by atomic mass is 16.4. The smallest absolute Gasteiger partial charge is 0.427 e. The lowest BCUT2D eigenvalue weighted by molar-refractivity contribution is 0.401. The summed E-state index contributed by atoms with van der Waals surface area (Å²) in [6, 6.07) is 12.0. The predicted molar refractivity (Wildman–Crippen MR) is 87.2 cm³/mol. The van der Waals surface area contributed by atoms with Gasteiger partial charge in [-0.2, -0.15) is 0 Å². The molecule has 0 atom stereocenters. The van der Waals surface area contributed by atoms with Crippen molar-refractivity contribution >= 4 is 18.2 Å². The van der Waals surface area contributed by atoms with Gasteiger partial charge in [0.15, 0.2) is 0 Å². The third-order valence-electron chi connectivity index (χ3n) is 3.67. The Morgan fingerprint density at radius 2 is 1.91 bits per heavy atom. The van der Waals surface area contributed by atoms with Crippen LogP contribution in [0.5, 0.6) is 0 Å². The van der Waals surface area contributed by atoms with Crippen molar-refractivity contribution in [2.75, 3.05) is 0 Å². The van der Waals surface area contributed by atoms with Crippen LogP contribution in [0.2, 0.25) is 6.32 Å². The first-order chi connectivity index (χ1) is 10.8. The fourth-order valence-electron chi connectivity index (χ4n) is 2.61. The van der Waals surface area contributed by atoms with E-state index in [2.05, 4.69) is 15.6 Å². The molecule has 5 nitrogen and oxygen atoms in total. The molecular formula is C16H18BN3O2. The lowest BCUT2D eigenvalue weighted by Crippen LogP contribution is -2.10. The molecule has 1 aromatic carbocycles. The summed E-state index contributed by atoms with van der Waals surface area (Å²) in [6.07, 6.45) is 5.59. The Bertz CT molecular complexity index is 743. The van der Waals surface area contributed by atoms with Crippen molar-refractivity contribution in [3.8, 4) is 11.4 Å². The van der Waals surface area contributed by atoms with Gasteiger partial charge in [-0.25, -0.2) is 4.98 Å². The minimum atomic E-state index is -1.22. The summed E-state index contributed by atoms with van der Waals surface area (Å²) in [5.74, 6) is 0.902. The first-order valence-corrected chi connectivity index (χ1v) is 7.47. The van der Waals surface area contributed by atoms with Crippen LogP contribution in [0.4, 0.5) is 0 Å². The molecule has 0 radical (unpaired) electrons. The number of pyridine rings is 1. The summed E-state index contributed by atoms with van der Waals surface area (Å²) in [6.45, 7) is 0.789. The zero-order chi connectivity index (χ0) is 15.4. The van der Waals surface area contributed by atoms with E-state index in [0.717, 1.165) is 41.8 Å². The van der Waals surface area contributed by atoms with Crippen molar-refractivity contribution in [2.24, 2.45) is 0 Å². The van der Waals surface area contributed by atoms with Gasteiger partial charge in [0.1, 0.15) is 5.82 Å². The summed E-state index contributed by atoms with van der Waals surface area (Å²) in [4.78, 5) is 8.89. The van der Waals surface area contributed by atoms with Crippen LogP contribution in [-0.2, 0) is 6.54 Å². The van der Waals surface area contributed by atoms with Gasteiger partial charge in [0.2, 0.25) is 0 Å². The van der Waals surface area contributed by atoms with Gasteiger partial charge >= 0.3 is 7.12 Å². The third-order valence-corrected chi connectivity index (χ3v) is 3.67. The molecule has 112 valence electrons. The number of rotatable bonds is 6. The Labute approximate surface area is 129 Å². The lowest BCUT2D eigenvalue weighted by Gasteiger charge is -2.09. The molecule has 0 amide bonds. The SMILES string of the molecule is OB(O)CCCCn1c(-c2cccnc2)nc2ccccc21. The number of aromatic nitrogens is 3. The number of para-hydroxylation sites is 2. The summed E-state index contributed by atoms with van der Waals surface area (Å²) >= 11 is 0. The van der Waals surface area contributed by atoms with Crippen LogP contribution in [0.15, 0.2) is 48.8 Å². The second-order valence-electron chi connectivity index (χ2n) is 5.29. The Hall–Kier alpha value is -2.18. The van der Waals surface area contributed by atoms with Crippen LogP contribution in [-0.4, -0.2) is 31.7 Å². The van der Waals surface area contributed by atoms with Gasteiger partial charge in [-0.3, -0.25) is 4.98 Å². The van der Waals surface area contributed by atoms with Crippen LogP contribution in [0.1, 0.15) is 12.8 Å². The van der Waals surface area contributed by atoms with Crippen LogP contribution >= 0.6 is 0 Å². The predicted octanol–water partition coefficient (Wildman–Crippen LogP) is 2.35. The van der Waals surface area contributed by atoms with Crippen molar-refractivity contribution < 1.29 is 10.0 Å². The molecule has 0 saturated carbocycles. The summed E-state index contributed by atoms with van der Waals surface area (Å²) in [5, 5.41) is 17.9. The van der Waals surface area contributed by atoms with E-state index in [9.17, 15) is 0 Å². The molecule has 0 saturated heterocycles. The molecule has 0 aliphatic rings. The molecule has 3 rings (SSSR count). The molecule has 0 unspecified atom stereocenters. The number of nitrogens with zero attached hydrogens (tertiary/aromatic N) is 3. The maximum Gasteiger partial charge on any atom is 0.451 e. The molecule has 2 heterocycles. The van der Waals surface area contributed by atoms with E-state index in [1.165, 1.54) is 0 Å². The Kier molecular flexibility index (Phi) is 4.51. The second-order valence-corrected chi connectivity index (χ2v) is 5.29. The van der Waals surface area contributed by atoms with Crippen molar-refractivity contribution in [2.45, 2.75) is 25.7 Å². The molecule has 0 aliphatic heterocycles. The Morgan fingerprint density at radius 1 is 1.05 bits per heavy atom. The van der Waals surface area contributed by atoms with E-state index in [4.69, 9.17) is 15.0 Å². The van der Waals surface area contributed by atoms with Gasteiger partial charge in [0.25, 0.3) is 0 Å². The average molecular weight is 295 g/mol. The molecule has 2 N–H and O–H groups in total. The maximum absolute atomic E-state index is 8.94. The second kappa shape index (κ2) is 6.72. The Balaban J connectivity index is 1.92. The normalized spacial score (nSPS) is 11.0. The van der Waals surface area contributed by atoms with Crippen molar-refractivity contribution in [1.29, 1.82) is 0 Å². The molecule has 6 heteroatoms. The van der Waals surface area contributed by atoms with Gasteiger partial charge in [0, 0.05) is 24.5 Å². The first kappa shape index (κ1) is 14.7. The molecule has 0 spiro atoms. The third kappa shape index (κ3) is 3.18. The minimum Gasteiger partial charge on any atom is -0.427 e. The number of hydrogen-bond donors (Lipinski definition) is 2. The molecule has 0 aliphatic carbocycles. The fourth-order valence-corrected chi connectivity index (χ4v) is 2.61. The van der Waals surface area contributed by atoms with Crippen LogP contribution in [0.25, 0.3) is 22.4 Å². The first-order valence-electron chi connectivity index (χ1n) is 7.47. The van der Waals surface area contributed by atoms with Gasteiger partial charge < -0.3 is 14.6 Å². The number of unbranched alkanes of at least 4 members (excludes halogenated alkanes) is 1. The van der Waals surface area contributed by atoms with Gasteiger partial charge in [0.05, 0.1) is 11.0 Å². The zero-order valence-corrected chi connectivity index (χ0v) is 12.3. The number of aryl methyl sites for hydroxylation is 1. The maximum atomic E-state index is 8.94. The largest absolute Gasteiger partial charge is 0.451 e. The molecule has 22 heavy (non-hydrogen) atoms. The van der Waals surface area contributed by atoms with Crippen molar-refractivity contribution in [1.82, 2.24) is 14.5 Å². The minimum absolute atomic E-state index is 0.398.